The fourth-order valence-corrected chi connectivity index (χ4v) is 4.15. The maximum Gasteiger partial charge on any atom is 0.264 e. The van der Waals surface area contributed by atoms with Crippen LogP contribution < -0.4 is 4.74 Å². The Hall–Kier alpha value is -1.08. The summed E-state index contributed by atoms with van der Waals surface area (Å²) in [4.78, 5) is 17.4. The second-order valence-corrected chi connectivity index (χ2v) is 8.39. The van der Waals surface area contributed by atoms with Gasteiger partial charge in [-0.05, 0) is 40.2 Å². The Morgan fingerprint density at radius 2 is 1.92 bits per heavy atom. The van der Waals surface area contributed by atoms with Gasteiger partial charge in [-0.3, -0.25) is 9.69 Å². The first-order valence-electron chi connectivity index (χ1n) is 7.78. The van der Waals surface area contributed by atoms with Gasteiger partial charge >= 0.3 is 0 Å². The van der Waals surface area contributed by atoms with Gasteiger partial charge in [-0.25, -0.2) is 0 Å². The van der Waals surface area contributed by atoms with Gasteiger partial charge in [0.15, 0.2) is 0 Å². The lowest BCUT2D eigenvalue weighted by molar-refractivity contribution is 0.0625. The number of thiophene rings is 1. The molecule has 1 saturated heterocycles. The normalized spacial score (nSPS) is 15.5. The van der Waals surface area contributed by atoms with Crippen LogP contribution >= 0.6 is 38.9 Å². The summed E-state index contributed by atoms with van der Waals surface area (Å²) in [5, 5.41) is 0.634. The molecule has 0 N–H and O–H groups in total. The zero-order chi connectivity index (χ0) is 16.9. The highest BCUT2D eigenvalue weighted by Gasteiger charge is 2.23. The zero-order valence-electron chi connectivity index (χ0n) is 13.1. The average molecular weight is 430 g/mol. The van der Waals surface area contributed by atoms with Crippen LogP contribution in [0.25, 0.3) is 0 Å². The average Bonchev–Trinajstić information content (AvgIpc) is 3.03. The molecule has 128 valence electrons. The van der Waals surface area contributed by atoms with Gasteiger partial charge in [0, 0.05) is 32.7 Å². The van der Waals surface area contributed by atoms with Gasteiger partial charge in [-0.2, -0.15) is 0 Å². The number of halogens is 2. The number of nitrogens with zero attached hydrogens (tertiary/aromatic N) is 2. The number of rotatable bonds is 5. The van der Waals surface area contributed by atoms with Crippen molar-refractivity contribution in [1.29, 1.82) is 0 Å². The number of benzene rings is 1. The maximum absolute atomic E-state index is 12.4. The minimum absolute atomic E-state index is 0.123. The lowest BCUT2D eigenvalue weighted by Crippen LogP contribution is -2.49. The van der Waals surface area contributed by atoms with Crippen molar-refractivity contribution in [1.82, 2.24) is 9.80 Å². The summed E-state index contributed by atoms with van der Waals surface area (Å²) in [6.45, 7) is 4.66. The standard InChI is InChI=1S/C17H18BrClN2O2S/c18-16-6-5-15(24-16)17(22)21-9-7-20(8-10-21)11-12-23-14-4-2-1-3-13(14)19/h1-6H,7-12H2. The Bertz CT molecular complexity index is 701. The molecule has 1 fully saturated rings. The van der Waals surface area contributed by atoms with Crippen LogP contribution in [-0.4, -0.2) is 55.0 Å². The van der Waals surface area contributed by atoms with Gasteiger partial charge in [0.05, 0.1) is 13.7 Å². The number of hydrogen-bond donors (Lipinski definition) is 0. The van der Waals surface area contributed by atoms with Crippen LogP contribution in [0.3, 0.4) is 0 Å². The van der Waals surface area contributed by atoms with E-state index in [9.17, 15) is 4.79 Å². The second kappa shape index (κ2) is 8.34. The van der Waals surface area contributed by atoms with Crippen LogP contribution in [-0.2, 0) is 0 Å². The predicted molar refractivity (Wildman–Crippen MR) is 101 cm³/mol. The van der Waals surface area contributed by atoms with Crippen LogP contribution in [0.15, 0.2) is 40.2 Å². The molecule has 1 aliphatic heterocycles. The van der Waals surface area contributed by atoms with E-state index in [0.717, 1.165) is 47.1 Å². The third-order valence-corrected chi connectivity index (χ3v) is 5.87. The van der Waals surface area contributed by atoms with Gasteiger partial charge in [0.1, 0.15) is 12.4 Å². The molecule has 0 radical (unpaired) electrons. The molecule has 7 heteroatoms. The number of para-hydroxylation sites is 1. The smallest absolute Gasteiger partial charge is 0.264 e. The SMILES string of the molecule is O=C(c1ccc(Br)s1)N1CCN(CCOc2ccccc2Cl)CC1. The van der Waals surface area contributed by atoms with E-state index in [2.05, 4.69) is 20.8 Å². The van der Waals surface area contributed by atoms with Gasteiger partial charge in [-0.15, -0.1) is 11.3 Å². The number of hydrogen-bond acceptors (Lipinski definition) is 4. The highest BCUT2D eigenvalue weighted by Crippen LogP contribution is 2.24. The first kappa shape index (κ1) is 17.7. The fraction of sp³-hybridized carbons (Fsp3) is 0.353. The molecule has 0 unspecified atom stereocenters. The maximum atomic E-state index is 12.4. The highest BCUT2D eigenvalue weighted by molar-refractivity contribution is 9.11. The van der Waals surface area contributed by atoms with Crippen LogP contribution in [0.2, 0.25) is 5.02 Å². The van der Waals surface area contributed by atoms with E-state index in [4.69, 9.17) is 16.3 Å². The van der Waals surface area contributed by atoms with Crippen molar-refractivity contribution in [3.63, 3.8) is 0 Å². The third kappa shape index (κ3) is 4.51. The molecule has 0 atom stereocenters. The summed E-state index contributed by atoms with van der Waals surface area (Å²) in [6.07, 6.45) is 0. The van der Waals surface area contributed by atoms with Crippen LogP contribution in [0.5, 0.6) is 5.75 Å². The molecule has 0 aliphatic carbocycles. The molecule has 0 spiro atoms. The Morgan fingerprint density at radius 1 is 1.17 bits per heavy atom. The van der Waals surface area contributed by atoms with E-state index in [-0.39, 0.29) is 5.91 Å². The minimum Gasteiger partial charge on any atom is -0.491 e. The van der Waals surface area contributed by atoms with Crippen LogP contribution in [0, 0.1) is 0 Å². The van der Waals surface area contributed by atoms with E-state index in [1.165, 1.54) is 11.3 Å². The molecule has 3 rings (SSSR count). The number of ether oxygens (including phenoxy) is 1. The first-order chi connectivity index (χ1) is 11.6. The van der Waals surface area contributed by atoms with Gasteiger partial charge < -0.3 is 9.64 Å². The second-order valence-electron chi connectivity index (χ2n) is 5.52. The molecule has 2 aromatic rings. The molecule has 1 aliphatic rings. The first-order valence-corrected chi connectivity index (χ1v) is 9.76. The van der Waals surface area contributed by atoms with Crippen molar-refractivity contribution in [2.24, 2.45) is 0 Å². The van der Waals surface area contributed by atoms with Crippen LogP contribution in [0.4, 0.5) is 0 Å². The van der Waals surface area contributed by atoms with Gasteiger partial charge in [-0.1, -0.05) is 23.7 Å². The molecule has 1 aromatic carbocycles. The molecule has 1 aromatic heterocycles. The predicted octanol–water partition coefficient (Wildman–Crippen LogP) is 4.00. The number of piperazine rings is 1. The van der Waals surface area contributed by atoms with E-state index in [0.29, 0.717) is 11.6 Å². The van der Waals surface area contributed by atoms with Crippen molar-refractivity contribution < 1.29 is 9.53 Å². The van der Waals surface area contributed by atoms with Crippen molar-refractivity contribution in [2.75, 3.05) is 39.3 Å². The third-order valence-electron chi connectivity index (χ3n) is 3.95. The monoisotopic (exact) mass is 428 g/mol. The Morgan fingerprint density at radius 3 is 2.58 bits per heavy atom. The molecular formula is C17H18BrClN2O2S. The van der Waals surface area contributed by atoms with E-state index in [1.807, 2.05) is 41.3 Å². The van der Waals surface area contributed by atoms with Crippen molar-refractivity contribution in [3.8, 4) is 5.75 Å². The summed E-state index contributed by atoms with van der Waals surface area (Å²) in [5.41, 5.74) is 0. The molecule has 0 saturated carbocycles. The summed E-state index contributed by atoms with van der Waals surface area (Å²) in [5.74, 6) is 0.842. The Kier molecular flexibility index (Phi) is 6.16. The van der Waals surface area contributed by atoms with Gasteiger partial charge in [0.2, 0.25) is 0 Å². The van der Waals surface area contributed by atoms with Gasteiger partial charge in [0.25, 0.3) is 5.91 Å². The molecule has 2 heterocycles. The number of carbonyl (C=O) groups excluding carboxylic acids is 1. The van der Waals surface area contributed by atoms with Crippen molar-refractivity contribution >= 4 is 44.8 Å². The van der Waals surface area contributed by atoms with Crippen LogP contribution in [0.1, 0.15) is 9.67 Å². The largest absolute Gasteiger partial charge is 0.491 e. The molecule has 0 bridgehead atoms. The van der Waals surface area contributed by atoms with E-state index < -0.39 is 0 Å². The molecule has 4 nitrogen and oxygen atoms in total. The molecule has 1 amide bonds. The summed E-state index contributed by atoms with van der Waals surface area (Å²) in [6, 6.07) is 11.3. The summed E-state index contributed by atoms with van der Waals surface area (Å²) in [7, 11) is 0. The topological polar surface area (TPSA) is 32.8 Å². The molecular weight excluding hydrogens is 412 g/mol. The summed E-state index contributed by atoms with van der Waals surface area (Å²) >= 11 is 11.0. The number of amides is 1. The highest BCUT2D eigenvalue weighted by atomic mass is 79.9. The number of carbonyl (C=O) groups is 1. The zero-order valence-corrected chi connectivity index (χ0v) is 16.2. The minimum atomic E-state index is 0.123. The Labute approximate surface area is 159 Å². The Balaban J connectivity index is 1.42. The fourth-order valence-electron chi connectivity index (χ4n) is 2.61. The van der Waals surface area contributed by atoms with Crippen molar-refractivity contribution in [2.45, 2.75) is 0 Å². The lowest BCUT2D eigenvalue weighted by atomic mass is 10.3. The van der Waals surface area contributed by atoms with Crippen molar-refractivity contribution in [3.05, 3.63) is 50.1 Å². The van der Waals surface area contributed by atoms with E-state index >= 15 is 0 Å². The lowest BCUT2D eigenvalue weighted by Gasteiger charge is -2.34. The summed E-state index contributed by atoms with van der Waals surface area (Å²) < 4.78 is 6.72. The quantitative estimate of drug-likeness (QED) is 0.720. The molecule has 24 heavy (non-hydrogen) atoms. The van der Waals surface area contributed by atoms with E-state index in [1.54, 1.807) is 0 Å².